The number of carboxylic acids is 1. The number of thiophene rings is 1. The number of aryl methyl sites for hydroxylation is 1. The lowest BCUT2D eigenvalue weighted by atomic mass is 10.1. The Morgan fingerprint density at radius 1 is 1.13 bits per heavy atom. The number of aliphatic hydroxyl groups excluding tert-OH is 1. The van der Waals surface area contributed by atoms with Gasteiger partial charge in [0.15, 0.2) is 5.82 Å². The van der Waals surface area contributed by atoms with Crippen LogP contribution in [0.5, 0.6) is 0 Å². The molecule has 0 aliphatic carbocycles. The Bertz CT molecular complexity index is 1230. The highest BCUT2D eigenvalue weighted by molar-refractivity contribution is 7.23. The van der Waals surface area contributed by atoms with E-state index in [1.54, 1.807) is 29.7 Å². The number of carboxylic acid groups (broad SMARTS) is 1. The van der Waals surface area contributed by atoms with Crippen LogP contribution in [0, 0.1) is 6.92 Å². The minimum absolute atomic E-state index is 0.0161. The Morgan fingerprint density at radius 2 is 1.87 bits per heavy atom. The lowest BCUT2D eigenvalue weighted by Crippen LogP contribution is -1.97. The summed E-state index contributed by atoms with van der Waals surface area (Å²) in [6.45, 7) is 2.04. The van der Waals surface area contributed by atoms with Crippen molar-refractivity contribution in [3.8, 4) is 10.4 Å². The van der Waals surface area contributed by atoms with Gasteiger partial charge in [-0.2, -0.15) is 5.10 Å². The summed E-state index contributed by atoms with van der Waals surface area (Å²) in [5, 5.41) is 22.4. The van der Waals surface area contributed by atoms with Crippen LogP contribution in [0.25, 0.3) is 20.7 Å². The first kappa shape index (κ1) is 19.7. The smallest absolute Gasteiger partial charge is 0.335 e. The van der Waals surface area contributed by atoms with E-state index in [2.05, 4.69) is 20.5 Å². The molecule has 0 spiro atoms. The van der Waals surface area contributed by atoms with Gasteiger partial charge in [-0.3, -0.25) is 5.43 Å². The highest BCUT2D eigenvalue weighted by atomic mass is 32.1. The van der Waals surface area contributed by atoms with E-state index >= 15 is 0 Å². The Balaban J connectivity index is 1.60. The molecule has 0 aliphatic heterocycles. The number of carbonyl (C=O) groups is 1. The number of anilines is 1. The van der Waals surface area contributed by atoms with E-state index in [1.807, 2.05) is 31.2 Å². The highest BCUT2D eigenvalue weighted by Gasteiger charge is 2.15. The number of aromatic nitrogens is 2. The zero-order chi connectivity index (χ0) is 21.1. The number of rotatable bonds is 6. The molecule has 2 aromatic carbocycles. The zero-order valence-electron chi connectivity index (χ0n) is 16.0. The van der Waals surface area contributed by atoms with Crippen molar-refractivity contribution in [2.75, 3.05) is 5.43 Å². The van der Waals surface area contributed by atoms with Crippen LogP contribution < -0.4 is 5.43 Å². The molecule has 0 saturated heterocycles. The Labute approximate surface area is 176 Å². The molecular formula is C22H18N4O3S. The van der Waals surface area contributed by atoms with Gasteiger partial charge >= 0.3 is 5.97 Å². The molecule has 150 valence electrons. The normalized spacial score (nSPS) is 11.3. The van der Waals surface area contributed by atoms with Crippen LogP contribution >= 0.6 is 11.3 Å². The number of nitrogens with zero attached hydrogens (tertiary/aromatic N) is 3. The van der Waals surface area contributed by atoms with Crippen LogP contribution in [-0.2, 0) is 6.61 Å². The molecule has 2 aromatic heterocycles. The molecule has 7 nitrogen and oxygen atoms in total. The SMILES string of the molecule is Cc1c(-c2ccc(CO)cc2)sc2c(N/N=C/c3ccc(C(=O)O)cc3)ncnc12. The van der Waals surface area contributed by atoms with E-state index in [0.717, 1.165) is 37.3 Å². The van der Waals surface area contributed by atoms with E-state index in [1.165, 1.54) is 18.5 Å². The Hall–Kier alpha value is -3.62. The Kier molecular flexibility index (Phi) is 5.51. The number of hydrogen-bond acceptors (Lipinski definition) is 7. The first-order chi connectivity index (χ1) is 14.6. The molecule has 2 heterocycles. The Morgan fingerprint density at radius 3 is 2.53 bits per heavy atom. The molecule has 0 amide bonds. The van der Waals surface area contributed by atoms with Gasteiger partial charge in [0.2, 0.25) is 0 Å². The fourth-order valence-corrected chi connectivity index (χ4v) is 4.23. The van der Waals surface area contributed by atoms with Crippen LogP contribution in [0.1, 0.15) is 27.0 Å². The van der Waals surface area contributed by atoms with Crippen molar-refractivity contribution in [2.45, 2.75) is 13.5 Å². The lowest BCUT2D eigenvalue weighted by Gasteiger charge is -2.01. The average molecular weight is 418 g/mol. The van der Waals surface area contributed by atoms with Gasteiger partial charge in [0.25, 0.3) is 0 Å². The minimum atomic E-state index is -0.963. The molecular weight excluding hydrogens is 400 g/mol. The number of hydrazone groups is 1. The fourth-order valence-electron chi connectivity index (χ4n) is 3.02. The van der Waals surface area contributed by atoms with Gasteiger partial charge < -0.3 is 10.2 Å². The van der Waals surface area contributed by atoms with Crippen molar-refractivity contribution in [1.82, 2.24) is 9.97 Å². The maximum absolute atomic E-state index is 10.9. The molecule has 8 heteroatoms. The molecule has 30 heavy (non-hydrogen) atoms. The van der Waals surface area contributed by atoms with Crippen molar-refractivity contribution >= 4 is 39.6 Å². The third kappa shape index (κ3) is 3.91. The van der Waals surface area contributed by atoms with Gasteiger partial charge in [-0.05, 0) is 41.3 Å². The van der Waals surface area contributed by atoms with E-state index in [0.29, 0.717) is 5.82 Å². The van der Waals surface area contributed by atoms with Crippen molar-refractivity contribution in [1.29, 1.82) is 0 Å². The molecule has 0 saturated carbocycles. The van der Waals surface area contributed by atoms with Crippen LogP contribution in [0.3, 0.4) is 0 Å². The molecule has 3 N–H and O–H groups in total. The van der Waals surface area contributed by atoms with Crippen molar-refractivity contribution in [3.05, 3.63) is 77.1 Å². The maximum atomic E-state index is 10.9. The first-order valence-corrected chi connectivity index (χ1v) is 9.95. The van der Waals surface area contributed by atoms with Gasteiger partial charge in [0, 0.05) is 4.88 Å². The molecule has 0 atom stereocenters. The van der Waals surface area contributed by atoms with E-state index in [-0.39, 0.29) is 12.2 Å². The van der Waals surface area contributed by atoms with E-state index in [4.69, 9.17) is 5.11 Å². The van der Waals surface area contributed by atoms with E-state index in [9.17, 15) is 9.90 Å². The maximum Gasteiger partial charge on any atom is 0.335 e. The number of benzene rings is 2. The number of aliphatic hydroxyl groups is 1. The largest absolute Gasteiger partial charge is 0.478 e. The highest BCUT2D eigenvalue weighted by Crippen LogP contribution is 2.39. The van der Waals surface area contributed by atoms with Crippen molar-refractivity contribution in [2.24, 2.45) is 5.10 Å². The lowest BCUT2D eigenvalue weighted by molar-refractivity contribution is 0.0697. The molecule has 0 aliphatic rings. The van der Waals surface area contributed by atoms with Crippen LogP contribution in [-0.4, -0.2) is 32.4 Å². The van der Waals surface area contributed by atoms with Crippen LogP contribution in [0.4, 0.5) is 5.82 Å². The fraction of sp³-hybridized carbons (Fsp3) is 0.0909. The molecule has 0 fully saturated rings. The third-order valence-corrected chi connectivity index (χ3v) is 5.98. The van der Waals surface area contributed by atoms with Crippen molar-refractivity contribution < 1.29 is 15.0 Å². The summed E-state index contributed by atoms with van der Waals surface area (Å²) in [5.41, 5.74) is 7.80. The van der Waals surface area contributed by atoms with Crippen molar-refractivity contribution in [3.63, 3.8) is 0 Å². The standard InChI is InChI=1S/C22H18N4O3S/c1-13-18-20(30-19(13)16-6-4-15(11-27)5-7-16)21(24-12-23-18)26-25-10-14-2-8-17(9-3-14)22(28)29/h2-10,12,27H,11H2,1H3,(H,28,29)(H,23,24,26)/b25-10+. The topological polar surface area (TPSA) is 108 Å². The summed E-state index contributed by atoms with van der Waals surface area (Å²) >= 11 is 1.58. The summed E-state index contributed by atoms with van der Waals surface area (Å²) in [7, 11) is 0. The van der Waals surface area contributed by atoms with Crippen LogP contribution in [0.15, 0.2) is 60.0 Å². The molecule has 0 bridgehead atoms. The second-order valence-corrected chi connectivity index (χ2v) is 7.63. The summed E-state index contributed by atoms with van der Waals surface area (Å²) in [5.74, 6) is -0.361. The van der Waals surface area contributed by atoms with Gasteiger partial charge in [-0.15, -0.1) is 11.3 Å². The zero-order valence-corrected chi connectivity index (χ0v) is 16.8. The van der Waals surface area contributed by atoms with Crippen LogP contribution in [0.2, 0.25) is 0 Å². The third-order valence-electron chi connectivity index (χ3n) is 4.64. The number of nitrogens with one attached hydrogen (secondary N) is 1. The summed E-state index contributed by atoms with van der Waals surface area (Å²) in [6, 6.07) is 14.2. The number of aromatic carboxylic acids is 1. The van der Waals surface area contributed by atoms with Gasteiger partial charge in [-0.25, -0.2) is 14.8 Å². The second-order valence-electron chi connectivity index (χ2n) is 6.61. The molecule has 0 unspecified atom stereocenters. The molecule has 4 rings (SSSR count). The number of fused-ring (bicyclic) bond motifs is 1. The monoisotopic (exact) mass is 418 g/mol. The van der Waals surface area contributed by atoms with Gasteiger partial charge in [-0.1, -0.05) is 36.4 Å². The first-order valence-electron chi connectivity index (χ1n) is 9.13. The number of hydrogen-bond donors (Lipinski definition) is 3. The summed E-state index contributed by atoms with van der Waals surface area (Å²) < 4.78 is 0.898. The predicted molar refractivity (Wildman–Crippen MR) is 118 cm³/mol. The van der Waals surface area contributed by atoms with Gasteiger partial charge in [0.1, 0.15) is 6.33 Å². The minimum Gasteiger partial charge on any atom is -0.478 e. The molecule has 0 radical (unpaired) electrons. The quantitative estimate of drug-likeness (QED) is 0.318. The summed E-state index contributed by atoms with van der Waals surface area (Å²) in [4.78, 5) is 20.8. The second kappa shape index (κ2) is 8.40. The predicted octanol–water partition coefficient (Wildman–Crippen LogP) is 4.30. The van der Waals surface area contributed by atoms with E-state index < -0.39 is 5.97 Å². The average Bonchev–Trinajstić information content (AvgIpc) is 3.11. The summed E-state index contributed by atoms with van der Waals surface area (Å²) in [6.07, 6.45) is 3.11. The van der Waals surface area contributed by atoms with Gasteiger partial charge in [0.05, 0.1) is 28.6 Å². The molecule has 4 aromatic rings.